The fraction of sp³-hybridized carbons (Fsp3) is 0.417. The van der Waals surface area contributed by atoms with Crippen molar-refractivity contribution in [2.24, 2.45) is 0 Å². The Labute approximate surface area is 98.3 Å². The van der Waals surface area contributed by atoms with Gasteiger partial charge in [-0.25, -0.2) is 0 Å². The molecular formula is C12H16O3S. The molecule has 0 aliphatic rings. The minimum atomic E-state index is -1.13. The Morgan fingerprint density at radius 1 is 1.31 bits per heavy atom. The summed E-state index contributed by atoms with van der Waals surface area (Å²) in [5.41, 5.74) is 1.73. The van der Waals surface area contributed by atoms with Crippen LogP contribution < -0.4 is 0 Å². The normalized spacial score (nSPS) is 12.4. The van der Waals surface area contributed by atoms with Crippen LogP contribution in [0.4, 0.5) is 0 Å². The van der Waals surface area contributed by atoms with Gasteiger partial charge >= 0.3 is 0 Å². The minimum Gasteiger partial charge on any atom is -0.384 e. The molecule has 0 radical (unpaired) electrons. The van der Waals surface area contributed by atoms with Gasteiger partial charge in [0.1, 0.15) is 0 Å². The van der Waals surface area contributed by atoms with E-state index in [-0.39, 0.29) is 11.5 Å². The zero-order valence-electron chi connectivity index (χ0n) is 9.56. The van der Waals surface area contributed by atoms with Crippen LogP contribution in [0.3, 0.4) is 0 Å². The number of hydrogen-bond acceptors (Lipinski definition) is 3. The van der Waals surface area contributed by atoms with Gasteiger partial charge in [-0.05, 0) is 6.92 Å². The van der Waals surface area contributed by atoms with E-state index in [1.807, 2.05) is 19.1 Å². The number of rotatable bonds is 6. The maximum Gasteiger partial charge on any atom is 0.175 e. The van der Waals surface area contributed by atoms with Crippen molar-refractivity contribution < 1.29 is 13.7 Å². The number of hydrogen-bond donors (Lipinski definition) is 0. The van der Waals surface area contributed by atoms with Crippen molar-refractivity contribution in [3.63, 3.8) is 0 Å². The van der Waals surface area contributed by atoms with Crippen LogP contribution >= 0.6 is 0 Å². The monoisotopic (exact) mass is 240 g/mol. The maximum atomic E-state index is 11.7. The van der Waals surface area contributed by atoms with Crippen LogP contribution in [0.5, 0.6) is 0 Å². The standard InChI is InChI=1S/C12H16O3S/c1-10-3-5-11(6-4-10)12(13)9-16(14)8-7-15-2/h3-6H,7-9H2,1-2H3. The molecular weight excluding hydrogens is 224 g/mol. The first kappa shape index (κ1) is 13.1. The average Bonchev–Trinajstić information content (AvgIpc) is 2.27. The van der Waals surface area contributed by atoms with E-state index >= 15 is 0 Å². The summed E-state index contributed by atoms with van der Waals surface area (Å²) in [6.07, 6.45) is 0. The van der Waals surface area contributed by atoms with Crippen LogP contribution in [0, 0.1) is 6.92 Å². The van der Waals surface area contributed by atoms with Crippen LogP contribution in [0.2, 0.25) is 0 Å². The molecule has 4 heteroatoms. The average molecular weight is 240 g/mol. The molecule has 1 unspecified atom stereocenters. The van der Waals surface area contributed by atoms with Crippen LogP contribution in [-0.4, -0.2) is 35.2 Å². The molecule has 1 aromatic rings. The van der Waals surface area contributed by atoms with E-state index in [1.165, 1.54) is 0 Å². The predicted octanol–water partition coefficient (Wildman–Crippen LogP) is 1.57. The third-order valence-electron chi connectivity index (χ3n) is 2.18. The Morgan fingerprint density at radius 3 is 2.50 bits per heavy atom. The lowest BCUT2D eigenvalue weighted by molar-refractivity contribution is 0.102. The quantitative estimate of drug-likeness (QED) is 0.709. The van der Waals surface area contributed by atoms with Crippen LogP contribution in [-0.2, 0) is 15.5 Å². The molecule has 1 aromatic carbocycles. The molecule has 0 saturated carbocycles. The number of carbonyl (C=O) groups is 1. The molecule has 0 amide bonds. The molecule has 3 nitrogen and oxygen atoms in total. The fourth-order valence-corrected chi connectivity index (χ4v) is 2.17. The largest absolute Gasteiger partial charge is 0.384 e. The predicted molar refractivity (Wildman–Crippen MR) is 65.3 cm³/mol. The lowest BCUT2D eigenvalue weighted by atomic mass is 10.1. The van der Waals surface area contributed by atoms with Gasteiger partial charge in [-0.1, -0.05) is 29.8 Å². The van der Waals surface area contributed by atoms with Crippen molar-refractivity contribution in [3.05, 3.63) is 35.4 Å². The Morgan fingerprint density at radius 2 is 1.94 bits per heavy atom. The highest BCUT2D eigenvalue weighted by molar-refractivity contribution is 7.85. The van der Waals surface area contributed by atoms with Crippen molar-refractivity contribution >= 4 is 16.6 Å². The Balaban J connectivity index is 2.52. The third kappa shape index (κ3) is 4.24. The van der Waals surface area contributed by atoms with Gasteiger partial charge in [-0.15, -0.1) is 0 Å². The van der Waals surface area contributed by atoms with Gasteiger partial charge in [0.2, 0.25) is 0 Å². The highest BCUT2D eigenvalue weighted by Gasteiger charge is 2.09. The van der Waals surface area contributed by atoms with Crippen molar-refractivity contribution in [1.82, 2.24) is 0 Å². The first-order chi connectivity index (χ1) is 7.63. The first-order valence-corrected chi connectivity index (χ1v) is 6.56. The zero-order valence-corrected chi connectivity index (χ0v) is 10.4. The Hall–Kier alpha value is -1.00. The summed E-state index contributed by atoms with van der Waals surface area (Å²) in [4.78, 5) is 11.7. The number of methoxy groups -OCH3 is 1. The highest BCUT2D eigenvalue weighted by Crippen LogP contribution is 2.04. The molecule has 16 heavy (non-hydrogen) atoms. The summed E-state index contributed by atoms with van der Waals surface area (Å²) >= 11 is 0. The van der Waals surface area contributed by atoms with E-state index in [4.69, 9.17) is 4.74 Å². The summed E-state index contributed by atoms with van der Waals surface area (Å²) in [7, 11) is 0.424. The van der Waals surface area contributed by atoms with Crippen LogP contribution in [0.1, 0.15) is 15.9 Å². The molecule has 0 spiro atoms. The van der Waals surface area contributed by atoms with E-state index in [1.54, 1.807) is 19.2 Å². The maximum absolute atomic E-state index is 11.7. The van der Waals surface area contributed by atoms with Gasteiger partial charge in [0.15, 0.2) is 5.78 Å². The van der Waals surface area contributed by atoms with Gasteiger partial charge in [-0.2, -0.15) is 0 Å². The summed E-state index contributed by atoms with van der Waals surface area (Å²) in [6.45, 7) is 2.39. The third-order valence-corrected chi connectivity index (χ3v) is 3.39. The van der Waals surface area contributed by atoms with E-state index < -0.39 is 10.8 Å². The second-order valence-electron chi connectivity index (χ2n) is 3.57. The van der Waals surface area contributed by atoms with Crippen molar-refractivity contribution in [2.75, 3.05) is 25.2 Å². The lowest BCUT2D eigenvalue weighted by Crippen LogP contribution is -2.15. The van der Waals surface area contributed by atoms with Gasteiger partial charge < -0.3 is 4.74 Å². The molecule has 0 aliphatic carbocycles. The Kier molecular flexibility index (Phi) is 5.35. The number of carbonyl (C=O) groups excluding carboxylic acids is 1. The molecule has 0 bridgehead atoms. The number of Topliss-reactive ketones (excluding diaryl/α,β-unsaturated/α-hetero) is 1. The molecule has 0 saturated heterocycles. The molecule has 0 N–H and O–H groups in total. The van der Waals surface area contributed by atoms with E-state index in [0.717, 1.165) is 5.56 Å². The van der Waals surface area contributed by atoms with Crippen LogP contribution in [0.15, 0.2) is 24.3 Å². The molecule has 0 aliphatic heterocycles. The number of benzene rings is 1. The summed E-state index contributed by atoms with van der Waals surface area (Å²) in [6, 6.07) is 7.30. The van der Waals surface area contributed by atoms with Gasteiger partial charge in [0.05, 0.1) is 12.4 Å². The first-order valence-electron chi connectivity index (χ1n) is 5.07. The van der Waals surface area contributed by atoms with Gasteiger partial charge in [0, 0.05) is 29.2 Å². The number of ether oxygens (including phenoxy) is 1. The summed E-state index contributed by atoms with van der Waals surface area (Å²) in [5, 5.41) is 0. The smallest absolute Gasteiger partial charge is 0.175 e. The SMILES string of the molecule is COCCS(=O)CC(=O)c1ccc(C)cc1. The molecule has 1 rings (SSSR count). The van der Waals surface area contributed by atoms with Crippen molar-refractivity contribution in [3.8, 4) is 0 Å². The highest BCUT2D eigenvalue weighted by atomic mass is 32.2. The van der Waals surface area contributed by atoms with E-state index in [2.05, 4.69) is 0 Å². The minimum absolute atomic E-state index is 0.0746. The Bertz CT molecular complexity index is 370. The van der Waals surface area contributed by atoms with Crippen molar-refractivity contribution in [2.45, 2.75) is 6.92 Å². The molecule has 0 aromatic heterocycles. The second-order valence-corrected chi connectivity index (χ2v) is 5.15. The molecule has 0 heterocycles. The van der Waals surface area contributed by atoms with Gasteiger partial charge in [0.25, 0.3) is 0 Å². The summed E-state index contributed by atoms with van der Waals surface area (Å²) < 4.78 is 16.3. The van der Waals surface area contributed by atoms with E-state index in [0.29, 0.717) is 17.9 Å². The number of ketones is 1. The van der Waals surface area contributed by atoms with E-state index in [9.17, 15) is 9.00 Å². The fourth-order valence-electron chi connectivity index (χ4n) is 1.22. The number of aryl methyl sites for hydroxylation is 1. The summed E-state index contributed by atoms with van der Waals surface area (Å²) in [5.74, 6) is 0.412. The molecule has 88 valence electrons. The second kappa shape index (κ2) is 6.55. The lowest BCUT2D eigenvalue weighted by Gasteiger charge is -2.02. The molecule has 0 fully saturated rings. The van der Waals surface area contributed by atoms with Crippen molar-refractivity contribution in [1.29, 1.82) is 0 Å². The topological polar surface area (TPSA) is 43.4 Å². The van der Waals surface area contributed by atoms with Crippen LogP contribution in [0.25, 0.3) is 0 Å². The van der Waals surface area contributed by atoms with Gasteiger partial charge in [-0.3, -0.25) is 9.00 Å². The zero-order chi connectivity index (χ0) is 12.0. The molecule has 1 atom stereocenters.